The fourth-order valence-electron chi connectivity index (χ4n) is 1.20. The van der Waals surface area contributed by atoms with Crippen LogP contribution < -0.4 is 0 Å². The van der Waals surface area contributed by atoms with Crippen LogP contribution in [0, 0.1) is 5.92 Å². The van der Waals surface area contributed by atoms with E-state index in [-0.39, 0.29) is 12.3 Å². The topological polar surface area (TPSA) is 115 Å². The molecule has 3 unspecified atom stereocenters. The fraction of sp³-hybridized carbons (Fsp3) is 0.778. The van der Waals surface area contributed by atoms with Crippen LogP contribution in [-0.2, 0) is 9.59 Å². The Morgan fingerprint density at radius 2 is 1.80 bits per heavy atom. The van der Waals surface area contributed by atoms with Gasteiger partial charge in [0.05, 0.1) is 0 Å². The molecule has 0 saturated carbocycles. The molecule has 0 aromatic rings. The maximum Gasteiger partial charge on any atom is 0.339 e. The summed E-state index contributed by atoms with van der Waals surface area (Å²) in [5, 5.41) is 35.9. The molecule has 0 heterocycles. The van der Waals surface area contributed by atoms with Crippen molar-refractivity contribution in [3.05, 3.63) is 0 Å². The molecular formula is C9H16O6. The summed E-state index contributed by atoms with van der Waals surface area (Å²) >= 11 is 0. The second-order valence-electron chi connectivity index (χ2n) is 3.69. The molecule has 0 aliphatic carbocycles. The molecule has 0 aliphatic rings. The van der Waals surface area contributed by atoms with E-state index in [1.807, 2.05) is 0 Å². The third-order valence-corrected chi connectivity index (χ3v) is 2.41. The number of aliphatic hydroxyl groups excluding tert-OH is 1. The molecule has 0 aromatic carbocycles. The lowest BCUT2D eigenvalue weighted by molar-refractivity contribution is -0.185. The summed E-state index contributed by atoms with van der Waals surface area (Å²) in [4.78, 5) is 21.2. The number of carbonyl (C=O) groups is 2. The molecule has 15 heavy (non-hydrogen) atoms. The molecular weight excluding hydrogens is 204 g/mol. The van der Waals surface area contributed by atoms with Crippen molar-refractivity contribution in [2.75, 3.05) is 0 Å². The largest absolute Gasteiger partial charge is 0.479 e. The van der Waals surface area contributed by atoms with E-state index in [0.29, 0.717) is 6.42 Å². The first kappa shape index (κ1) is 13.9. The quantitative estimate of drug-likeness (QED) is 0.488. The van der Waals surface area contributed by atoms with E-state index in [9.17, 15) is 14.7 Å². The third-order valence-electron chi connectivity index (χ3n) is 2.41. The first-order valence-electron chi connectivity index (χ1n) is 4.62. The van der Waals surface area contributed by atoms with Gasteiger partial charge in [-0.1, -0.05) is 20.3 Å². The maximum absolute atomic E-state index is 10.7. The van der Waals surface area contributed by atoms with Crippen LogP contribution in [0.3, 0.4) is 0 Å². The van der Waals surface area contributed by atoms with Gasteiger partial charge in [0.1, 0.15) is 0 Å². The van der Waals surface area contributed by atoms with Crippen molar-refractivity contribution < 1.29 is 30.0 Å². The van der Waals surface area contributed by atoms with E-state index in [4.69, 9.17) is 15.3 Å². The Morgan fingerprint density at radius 1 is 1.33 bits per heavy atom. The number of hydrogen-bond acceptors (Lipinski definition) is 4. The molecule has 0 spiro atoms. The van der Waals surface area contributed by atoms with Gasteiger partial charge in [0.2, 0.25) is 0 Å². The minimum atomic E-state index is -2.62. The van der Waals surface area contributed by atoms with Gasteiger partial charge in [-0.25, -0.2) is 9.59 Å². The van der Waals surface area contributed by atoms with Gasteiger partial charge in [0.25, 0.3) is 0 Å². The van der Waals surface area contributed by atoms with Crippen LogP contribution >= 0.6 is 0 Å². The minimum absolute atomic E-state index is 0.194. The summed E-state index contributed by atoms with van der Waals surface area (Å²) in [5.74, 6) is -3.67. The van der Waals surface area contributed by atoms with Crippen LogP contribution in [0.1, 0.15) is 26.7 Å². The minimum Gasteiger partial charge on any atom is -0.479 e. The van der Waals surface area contributed by atoms with Crippen molar-refractivity contribution in [1.82, 2.24) is 0 Å². The number of aliphatic hydroxyl groups is 2. The van der Waals surface area contributed by atoms with E-state index in [1.165, 1.54) is 0 Å². The molecule has 0 rings (SSSR count). The fourth-order valence-corrected chi connectivity index (χ4v) is 1.20. The number of carboxylic acid groups (broad SMARTS) is 2. The van der Waals surface area contributed by atoms with Crippen LogP contribution in [0.25, 0.3) is 0 Å². The summed E-state index contributed by atoms with van der Waals surface area (Å²) in [6.45, 7) is 3.45. The SMILES string of the molecule is CCC(C)CC(O)(C(=O)O)C(O)C(=O)O. The molecule has 6 heteroatoms. The molecule has 0 amide bonds. The van der Waals surface area contributed by atoms with Gasteiger partial charge in [0.15, 0.2) is 11.7 Å². The zero-order chi connectivity index (χ0) is 12.2. The normalized spacial score (nSPS) is 18.9. The van der Waals surface area contributed by atoms with Crippen molar-refractivity contribution in [1.29, 1.82) is 0 Å². The van der Waals surface area contributed by atoms with Crippen molar-refractivity contribution >= 4 is 11.9 Å². The lowest BCUT2D eigenvalue weighted by Gasteiger charge is -2.28. The molecule has 0 saturated heterocycles. The van der Waals surface area contributed by atoms with E-state index >= 15 is 0 Å². The Morgan fingerprint density at radius 3 is 2.07 bits per heavy atom. The van der Waals surface area contributed by atoms with Crippen molar-refractivity contribution in [3.63, 3.8) is 0 Å². The smallest absolute Gasteiger partial charge is 0.339 e. The average Bonchev–Trinajstić information content (AvgIpc) is 2.15. The Labute approximate surface area is 87.2 Å². The van der Waals surface area contributed by atoms with Crippen LogP contribution in [0.2, 0.25) is 0 Å². The molecule has 0 fully saturated rings. The number of rotatable bonds is 6. The highest BCUT2D eigenvalue weighted by Gasteiger charge is 2.48. The molecule has 0 radical (unpaired) electrons. The maximum atomic E-state index is 10.7. The molecule has 88 valence electrons. The molecule has 0 aliphatic heterocycles. The molecule has 0 aromatic heterocycles. The first-order valence-corrected chi connectivity index (χ1v) is 4.62. The number of aliphatic carboxylic acids is 2. The lowest BCUT2D eigenvalue weighted by Crippen LogP contribution is -2.54. The van der Waals surface area contributed by atoms with Crippen LogP contribution in [-0.4, -0.2) is 44.1 Å². The second kappa shape index (κ2) is 5.09. The summed E-state index contributed by atoms with van der Waals surface area (Å²) < 4.78 is 0. The van der Waals surface area contributed by atoms with E-state index in [2.05, 4.69) is 0 Å². The van der Waals surface area contributed by atoms with Gasteiger partial charge >= 0.3 is 11.9 Å². The standard InChI is InChI=1S/C9H16O6/c1-3-5(2)4-9(15,8(13)14)6(10)7(11)12/h5-6,10,15H,3-4H2,1-2H3,(H,11,12)(H,13,14). The number of hydrogen-bond donors (Lipinski definition) is 4. The van der Waals surface area contributed by atoms with E-state index in [1.54, 1.807) is 13.8 Å². The van der Waals surface area contributed by atoms with Gasteiger partial charge in [-0.15, -0.1) is 0 Å². The van der Waals surface area contributed by atoms with Gasteiger partial charge in [-0.2, -0.15) is 0 Å². The van der Waals surface area contributed by atoms with Crippen LogP contribution in [0.5, 0.6) is 0 Å². The van der Waals surface area contributed by atoms with Gasteiger partial charge < -0.3 is 20.4 Å². The van der Waals surface area contributed by atoms with Crippen molar-refractivity contribution in [3.8, 4) is 0 Å². The van der Waals surface area contributed by atoms with Crippen LogP contribution in [0.4, 0.5) is 0 Å². The second-order valence-corrected chi connectivity index (χ2v) is 3.69. The highest BCUT2D eigenvalue weighted by Crippen LogP contribution is 2.23. The molecule has 6 nitrogen and oxygen atoms in total. The van der Waals surface area contributed by atoms with Crippen molar-refractivity contribution in [2.24, 2.45) is 5.92 Å². The predicted octanol–water partition coefficient (Wildman–Crippen LogP) is -0.316. The Hall–Kier alpha value is -1.14. The Balaban J connectivity index is 4.89. The highest BCUT2D eigenvalue weighted by atomic mass is 16.4. The van der Waals surface area contributed by atoms with E-state index < -0.39 is 23.6 Å². The van der Waals surface area contributed by atoms with Gasteiger partial charge in [-0.3, -0.25) is 0 Å². The Bertz CT molecular complexity index is 251. The summed E-state index contributed by atoms with van der Waals surface area (Å²) in [7, 11) is 0. The van der Waals surface area contributed by atoms with Gasteiger partial charge in [0, 0.05) is 0 Å². The first-order chi connectivity index (χ1) is 6.75. The monoisotopic (exact) mass is 220 g/mol. The summed E-state index contributed by atoms with van der Waals surface area (Å²) in [5.41, 5.74) is -2.62. The van der Waals surface area contributed by atoms with Gasteiger partial charge in [-0.05, 0) is 12.3 Å². The molecule has 4 N–H and O–H groups in total. The Kier molecular flexibility index (Phi) is 4.70. The number of carboxylic acids is 2. The zero-order valence-corrected chi connectivity index (χ0v) is 8.67. The average molecular weight is 220 g/mol. The molecule has 3 atom stereocenters. The van der Waals surface area contributed by atoms with Crippen LogP contribution in [0.15, 0.2) is 0 Å². The zero-order valence-electron chi connectivity index (χ0n) is 8.67. The molecule has 0 bridgehead atoms. The van der Waals surface area contributed by atoms with E-state index in [0.717, 1.165) is 0 Å². The highest BCUT2D eigenvalue weighted by molar-refractivity contribution is 5.87. The lowest BCUT2D eigenvalue weighted by atomic mass is 9.85. The van der Waals surface area contributed by atoms with Crippen molar-refractivity contribution in [2.45, 2.75) is 38.4 Å². The summed E-state index contributed by atoms with van der Waals surface area (Å²) in [6.07, 6.45) is -2.03. The summed E-state index contributed by atoms with van der Waals surface area (Å²) in [6, 6.07) is 0. The third kappa shape index (κ3) is 3.17. The predicted molar refractivity (Wildman–Crippen MR) is 50.3 cm³/mol.